The normalized spacial score (nSPS) is 16.6. The minimum atomic E-state index is -0.734. The van der Waals surface area contributed by atoms with Crippen molar-refractivity contribution >= 4 is 23.3 Å². The van der Waals surface area contributed by atoms with E-state index in [9.17, 15) is 14.0 Å². The Balaban J connectivity index is 1.78. The summed E-state index contributed by atoms with van der Waals surface area (Å²) in [5, 5.41) is -0.0965. The van der Waals surface area contributed by atoms with Crippen LogP contribution in [0.5, 0.6) is 11.5 Å². The molecule has 1 atom stereocenters. The maximum Gasteiger partial charge on any atom is 0.256 e. The molecular weight excluding hydrogens is 385 g/mol. The highest BCUT2D eigenvalue weighted by molar-refractivity contribution is 6.31. The first-order chi connectivity index (χ1) is 13.5. The van der Waals surface area contributed by atoms with Gasteiger partial charge < -0.3 is 14.4 Å². The maximum atomic E-state index is 14.2. The van der Waals surface area contributed by atoms with Gasteiger partial charge in [-0.15, -0.1) is 0 Å². The highest BCUT2D eigenvalue weighted by Gasteiger charge is 2.31. The Kier molecular flexibility index (Phi) is 6.19. The van der Waals surface area contributed by atoms with E-state index in [4.69, 9.17) is 21.1 Å². The molecule has 1 aliphatic heterocycles. The number of methoxy groups -OCH3 is 2. The van der Waals surface area contributed by atoms with Crippen molar-refractivity contribution in [3.63, 3.8) is 0 Å². The number of benzene rings is 2. The number of Topliss-reactive ketones (excluding diaryl/α,β-unsaturated/α-hetero) is 1. The van der Waals surface area contributed by atoms with Crippen LogP contribution in [0.25, 0.3) is 0 Å². The molecule has 3 rings (SSSR count). The average Bonchev–Trinajstić information content (AvgIpc) is 2.74. The van der Waals surface area contributed by atoms with Gasteiger partial charge in [0.25, 0.3) is 5.91 Å². The van der Waals surface area contributed by atoms with Crippen LogP contribution in [0.2, 0.25) is 5.02 Å². The fraction of sp³-hybridized carbons (Fsp3) is 0.333. The number of nitrogens with zero attached hydrogens (tertiary/aromatic N) is 1. The Morgan fingerprint density at radius 3 is 2.61 bits per heavy atom. The molecule has 0 unspecified atom stereocenters. The summed E-state index contributed by atoms with van der Waals surface area (Å²) in [5.74, 6) is -0.621. The third-order valence-electron chi connectivity index (χ3n) is 4.93. The van der Waals surface area contributed by atoms with Gasteiger partial charge in [0.1, 0.15) is 0 Å². The quantitative estimate of drug-likeness (QED) is 0.698. The number of rotatable bonds is 5. The molecule has 0 aromatic heterocycles. The van der Waals surface area contributed by atoms with Gasteiger partial charge in [0.2, 0.25) is 0 Å². The van der Waals surface area contributed by atoms with Crippen molar-refractivity contribution in [3.8, 4) is 11.5 Å². The van der Waals surface area contributed by atoms with E-state index in [1.165, 1.54) is 37.3 Å². The molecule has 0 bridgehead atoms. The van der Waals surface area contributed by atoms with Gasteiger partial charge in [-0.3, -0.25) is 9.59 Å². The fourth-order valence-corrected chi connectivity index (χ4v) is 3.61. The first-order valence-corrected chi connectivity index (χ1v) is 9.33. The molecule has 148 valence electrons. The van der Waals surface area contributed by atoms with Gasteiger partial charge in [-0.2, -0.15) is 0 Å². The van der Waals surface area contributed by atoms with Crippen LogP contribution >= 0.6 is 11.6 Å². The predicted molar refractivity (Wildman–Crippen MR) is 104 cm³/mol. The molecule has 0 spiro atoms. The van der Waals surface area contributed by atoms with Crippen LogP contribution in [-0.4, -0.2) is 43.9 Å². The lowest BCUT2D eigenvalue weighted by molar-refractivity contribution is 0.0633. The molecule has 28 heavy (non-hydrogen) atoms. The molecule has 2 aromatic carbocycles. The zero-order chi connectivity index (χ0) is 20.3. The molecule has 0 saturated carbocycles. The Hall–Kier alpha value is -2.60. The number of ketones is 1. The summed E-state index contributed by atoms with van der Waals surface area (Å²) in [6.45, 7) is 0.707. The standard InChI is InChI=1S/C21H21ClFNO4/c1-27-17-9-8-13(11-18(17)28-2)20(25)14-5-4-10-24(12-14)21(26)15-6-3-7-16(22)19(15)23/h3,6-9,11,14H,4-5,10,12H2,1-2H3/t14-/m1/s1. The summed E-state index contributed by atoms with van der Waals surface area (Å²) in [6, 6.07) is 9.34. The molecule has 5 nitrogen and oxygen atoms in total. The summed E-state index contributed by atoms with van der Waals surface area (Å²) in [7, 11) is 3.03. The van der Waals surface area contributed by atoms with Crippen molar-refractivity contribution in [1.29, 1.82) is 0 Å². The van der Waals surface area contributed by atoms with Gasteiger partial charge in [0.15, 0.2) is 23.1 Å². The lowest BCUT2D eigenvalue weighted by atomic mass is 9.89. The average molecular weight is 406 g/mol. The predicted octanol–water partition coefficient (Wildman–Crippen LogP) is 4.23. The number of hydrogen-bond acceptors (Lipinski definition) is 4. The van der Waals surface area contributed by atoms with Crippen LogP contribution in [0.3, 0.4) is 0 Å². The third-order valence-corrected chi connectivity index (χ3v) is 5.22. The van der Waals surface area contributed by atoms with Crippen molar-refractivity contribution in [2.24, 2.45) is 5.92 Å². The van der Waals surface area contributed by atoms with Crippen molar-refractivity contribution in [2.75, 3.05) is 27.3 Å². The molecule has 7 heteroatoms. The molecule has 0 aliphatic carbocycles. The van der Waals surface area contributed by atoms with E-state index < -0.39 is 11.7 Å². The van der Waals surface area contributed by atoms with E-state index in [-0.39, 0.29) is 28.8 Å². The van der Waals surface area contributed by atoms with Crippen LogP contribution < -0.4 is 9.47 Å². The van der Waals surface area contributed by atoms with E-state index in [0.717, 1.165) is 0 Å². The third kappa shape index (κ3) is 3.97. The SMILES string of the molecule is COc1ccc(C(=O)[C@@H]2CCCN(C(=O)c3cccc(Cl)c3F)C2)cc1OC. The molecule has 0 radical (unpaired) electrons. The molecule has 1 saturated heterocycles. The number of likely N-dealkylation sites (tertiary alicyclic amines) is 1. The van der Waals surface area contributed by atoms with Crippen molar-refractivity contribution in [1.82, 2.24) is 4.90 Å². The Morgan fingerprint density at radius 1 is 1.14 bits per heavy atom. The number of piperidine rings is 1. The smallest absolute Gasteiger partial charge is 0.256 e. The lowest BCUT2D eigenvalue weighted by Gasteiger charge is -2.32. The molecule has 1 amide bonds. The maximum absolute atomic E-state index is 14.2. The molecular formula is C21H21ClFNO4. The van der Waals surface area contributed by atoms with Crippen molar-refractivity contribution < 1.29 is 23.5 Å². The molecule has 2 aromatic rings. The van der Waals surface area contributed by atoms with Gasteiger partial charge in [-0.1, -0.05) is 17.7 Å². The molecule has 1 aliphatic rings. The molecule has 0 N–H and O–H groups in total. The number of hydrogen-bond donors (Lipinski definition) is 0. The Bertz CT molecular complexity index is 902. The number of carbonyl (C=O) groups is 2. The van der Waals surface area contributed by atoms with E-state index >= 15 is 0 Å². The largest absolute Gasteiger partial charge is 0.493 e. The molecule has 1 heterocycles. The minimum Gasteiger partial charge on any atom is -0.493 e. The van der Waals surface area contributed by atoms with Gasteiger partial charge >= 0.3 is 0 Å². The number of ether oxygens (including phenoxy) is 2. The van der Waals surface area contributed by atoms with Gasteiger partial charge in [-0.25, -0.2) is 4.39 Å². The summed E-state index contributed by atoms with van der Waals surface area (Å²) >= 11 is 5.79. The fourth-order valence-electron chi connectivity index (χ4n) is 3.44. The van der Waals surface area contributed by atoms with Crippen molar-refractivity contribution in [3.05, 3.63) is 58.4 Å². The summed E-state index contributed by atoms with van der Waals surface area (Å²) in [5.41, 5.74) is 0.414. The van der Waals surface area contributed by atoms with Gasteiger partial charge in [-0.05, 0) is 43.2 Å². The second kappa shape index (κ2) is 8.61. The van der Waals surface area contributed by atoms with E-state index in [0.29, 0.717) is 36.4 Å². The van der Waals surface area contributed by atoms with Crippen LogP contribution in [0.1, 0.15) is 33.6 Å². The first kappa shape index (κ1) is 20.1. The topological polar surface area (TPSA) is 55.8 Å². The van der Waals surface area contributed by atoms with Gasteiger partial charge in [0.05, 0.1) is 24.8 Å². The zero-order valence-corrected chi connectivity index (χ0v) is 16.5. The summed E-state index contributed by atoms with van der Waals surface area (Å²) in [6.07, 6.45) is 1.33. The van der Waals surface area contributed by atoms with E-state index in [1.807, 2.05) is 0 Å². The number of carbonyl (C=O) groups excluding carboxylic acids is 2. The number of halogens is 2. The lowest BCUT2D eigenvalue weighted by Crippen LogP contribution is -2.42. The van der Waals surface area contributed by atoms with Crippen LogP contribution in [0, 0.1) is 11.7 Å². The van der Waals surface area contributed by atoms with E-state index in [2.05, 4.69) is 0 Å². The van der Waals surface area contributed by atoms with Crippen LogP contribution in [0.4, 0.5) is 4.39 Å². The van der Waals surface area contributed by atoms with Gasteiger partial charge in [0, 0.05) is 24.6 Å². The Morgan fingerprint density at radius 2 is 1.89 bits per heavy atom. The van der Waals surface area contributed by atoms with Crippen LogP contribution in [-0.2, 0) is 0 Å². The van der Waals surface area contributed by atoms with Crippen molar-refractivity contribution in [2.45, 2.75) is 12.8 Å². The van der Waals surface area contributed by atoms with E-state index in [1.54, 1.807) is 18.2 Å². The first-order valence-electron chi connectivity index (χ1n) is 8.95. The summed E-state index contributed by atoms with van der Waals surface area (Å²) in [4.78, 5) is 27.2. The molecule has 1 fully saturated rings. The summed E-state index contributed by atoms with van der Waals surface area (Å²) < 4.78 is 24.7. The highest BCUT2D eigenvalue weighted by Crippen LogP contribution is 2.30. The monoisotopic (exact) mass is 405 g/mol. The minimum absolute atomic E-state index is 0.0771. The van der Waals surface area contributed by atoms with Crippen LogP contribution in [0.15, 0.2) is 36.4 Å². The zero-order valence-electron chi connectivity index (χ0n) is 15.7. The highest BCUT2D eigenvalue weighted by atomic mass is 35.5. The second-order valence-electron chi connectivity index (χ2n) is 6.63. The second-order valence-corrected chi connectivity index (χ2v) is 7.03. The Labute approximate surface area is 168 Å². The number of amides is 1.